The maximum atomic E-state index is 11.2. The average Bonchev–Trinajstić information content (AvgIpc) is 2.43. The third-order valence-electron chi connectivity index (χ3n) is 2.47. The van der Waals surface area contributed by atoms with Crippen LogP contribution < -0.4 is 16.0 Å². The van der Waals surface area contributed by atoms with E-state index in [-0.39, 0.29) is 5.91 Å². The Bertz CT molecular complexity index is 410. The Morgan fingerprint density at radius 1 is 1.50 bits per heavy atom. The maximum absolute atomic E-state index is 11.2. The van der Waals surface area contributed by atoms with Gasteiger partial charge in [-0.25, -0.2) is 4.98 Å². The van der Waals surface area contributed by atoms with Crippen molar-refractivity contribution >= 4 is 33.3 Å². The lowest BCUT2D eigenvalue weighted by molar-refractivity contribution is -0.120. The highest BCUT2D eigenvalue weighted by molar-refractivity contribution is 9.10. The molecule has 0 aromatic carbocycles. The summed E-state index contributed by atoms with van der Waals surface area (Å²) in [6, 6.07) is 1.82. The molecule has 2 rings (SSSR count). The number of aromatic nitrogens is 1. The first-order chi connectivity index (χ1) is 7.66. The summed E-state index contributed by atoms with van der Waals surface area (Å²) in [5.41, 5.74) is 6.53. The van der Waals surface area contributed by atoms with Crippen molar-refractivity contribution in [2.75, 3.05) is 30.3 Å². The van der Waals surface area contributed by atoms with Crippen molar-refractivity contribution in [3.8, 4) is 0 Å². The Balaban J connectivity index is 2.19. The van der Waals surface area contributed by atoms with Gasteiger partial charge >= 0.3 is 0 Å². The van der Waals surface area contributed by atoms with Gasteiger partial charge in [0.1, 0.15) is 0 Å². The summed E-state index contributed by atoms with van der Waals surface area (Å²) in [6.45, 7) is 2.03. The van der Waals surface area contributed by atoms with Crippen molar-refractivity contribution < 1.29 is 4.79 Å². The first-order valence-corrected chi connectivity index (χ1v) is 5.89. The van der Waals surface area contributed by atoms with Gasteiger partial charge in [0.05, 0.1) is 5.69 Å². The van der Waals surface area contributed by atoms with Crippen LogP contribution in [-0.4, -0.2) is 30.5 Å². The summed E-state index contributed by atoms with van der Waals surface area (Å²) in [7, 11) is 0. The van der Waals surface area contributed by atoms with E-state index in [1.807, 2.05) is 11.0 Å². The Kier molecular flexibility index (Phi) is 3.28. The summed E-state index contributed by atoms with van der Waals surface area (Å²) in [5, 5.41) is 2.82. The van der Waals surface area contributed by atoms with Crippen molar-refractivity contribution in [1.82, 2.24) is 10.3 Å². The molecule has 2 heterocycles. The minimum Gasteiger partial charge on any atom is -0.396 e. The second-order valence-electron chi connectivity index (χ2n) is 3.65. The Labute approximate surface area is 102 Å². The van der Waals surface area contributed by atoms with Crippen LogP contribution in [0.15, 0.2) is 16.7 Å². The Morgan fingerprint density at radius 3 is 3.06 bits per heavy atom. The average molecular weight is 285 g/mol. The number of halogens is 1. The fourth-order valence-corrected chi connectivity index (χ4v) is 2.04. The summed E-state index contributed by atoms with van der Waals surface area (Å²) in [5.74, 6) is 0.831. The van der Waals surface area contributed by atoms with Gasteiger partial charge in [-0.1, -0.05) is 0 Å². The SMILES string of the molecule is Nc1cc(Br)cnc1N1CCNC(=O)CC1. The highest BCUT2D eigenvalue weighted by Gasteiger charge is 2.16. The summed E-state index contributed by atoms with van der Waals surface area (Å²) in [6.07, 6.45) is 2.20. The molecule has 1 aliphatic heterocycles. The van der Waals surface area contributed by atoms with Crippen LogP contribution in [-0.2, 0) is 4.79 Å². The number of pyridine rings is 1. The van der Waals surface area contributed by atoms with Crippen LogP contribution in [0.2, 0.25) is 0 Å². The molecule has 1 aliphatic rings. The number of nitrogens with zero attached hydrogens (tertiary/aromatic N) is 2. The van der Waals surface area contributed by atoms with Crippen LogP contribution in [0.5, 0.6) is 0 Å². The quantitative estimate of drug-likeness (QED) is 0.799. The van der Waals surface area contributed by atoms with Crippen LogP contribution in [0, 0.1) is 0 Å². The first-order valence-electron chi connectivity index (χ1n) is 5.09. The van der Waals surface area contributed by atoms with Gasteiger partial charge in [0.2, 0.25) is 5.91 Å². The fourth-order valence-electron chi connectivity index (χ4n) is 1.69. The molecule has 0 atom stereocenters. The van der Waals surface area contributed by atoms with Crippen molar-refractivity contribution in [2.24, 2.45) is 0 Å². The van der Waals surface area contributed by atoms with E-state index in [2.05, 4.69) is 26.2 Å². The minimum atomic E-state index is 0.0817. The molecule has 0 unspecified atom stereocenters. The molecule has 5 nitrogen and oxygen atoms in total. The highest BCUT2D eigenvalue weighted by Crippen LogP contribution is 2.23. The summed E-state index contributed by atoms with van der Waals surface area (Å²) < 4.78 is 0.859. The zero-order valence-corrected chi connectivity index (χ0v) is 10.3. The zero-order valence-electron chi connectivity index (χ0n) is 8.74. The van der Waals surface area contributed by atoms with Gasteiger partial charge in [-0.2, -0.15) is 0 Å². The van der Waals surface area contributed by atoms with E-state index in [0.717, 1.165) is 16.8 Å². The van der Waals surface area contributed by atoms with Gasteiger partial charge in [0.25, 0.3) is 0 Å². The topological polar surface area (TPSA) is 71.2 Å². The van der Waals surface area contributed by atoms with E-state index < -0.39 is 0 Å². The fraction of sp³-hybridized carbons (Fsp3) is 0.400. The molecule has 16 heavy (non-hydrogen) atoms. The molecular formula is C10H13BrN4O. The highest BCUT2D eigenvalue weighted by atomic mass is 79.9. The number of rotatable bonds is 1. The largest absolute Gasteiger partial charge is 0.396 e. The number of amides is 1. The van der Waals surface area contributed by atoms with Crippen LogP contribution >= 0.6 is 15.9 Å². The number of nitrogens with one attached hydrogen (secondary N) is 1. The van der Waals surface area contributed by atoms with Crippen molar-refractivity contribution in [3.05, 3.63) is 16.7 Å². The van der Waals surface area contributed by atoms with Gasteiger partial charge in [0, 0.05) is 36.7 Å². The standard InChI is InChI=1S/C10H13BrN4O/c11-7-5-8(12)10(14-6-7)15-3-1-9(16)13-2-4-15/h5-6H,1-4,12H2,(H,13,16). The van der Waals surface area contributed by atoms with E-state index in [4.69, 9.17) is 5.73 Å². The molecule has 1 fully saturated rings. The normalized spacial score (nSPS) is 16.8. The van der Waals surface area contributed by atoms with E-state index >= 15 is 0 Å². The lowest BCUT2D eigenvalue weighted by Crippen LogP contribution is -2.29. The number of carbonyl (C=O) groups is 1. The molecule has 6 heteroatoms. The molecule has 1 amide bonds. The number of nitrogen functional groups attached to an aromatic ring is 1. The van der Waals surface area contributed by atoms with Gasteiger partial charge in [-0.3, -0.25) is 4.79 Å². The number of anilines is 2. The predicted octanol–water partition coefficient (Wildman–Crippen LogP) is 0.753. The van der Waals surface area contributed by atoms with Crippen molar-refractivity contribution in [3.63, 3.8) is 0 Å². The molecule has 1 saturated heterocycles. The number of hydrogen-bond donors (Lipinski definition) is 2. The van der Waals surface area contributed by atoms with Crippen LogP contribution in [0.25, 0.3) is 0 Å². The lowest BCUT2D eigenvalue weighted by Gasteiger charge is -2.21. The Hall–Kier alpha value is -1.30. The predicted molar refractivity (Wildman–Crippen MR) is 66.2 cm³/mol. The molecule has 0 saturated carbocycles. The third kappa shape index (κ3) is 2.44. The second kappa shape index (κ2) is 4.69. The van der Waals surface area contributed by atoms with Crippen molar-refractivity contribution in [1.29, 1.82) is 0 Å². The zero-order chi connectivity index (χ0) is 11.5. The first kappa shape index (κ1) is 11.2. The molecule has 0 radical (unpaired) electrons. The Morgan fingerprint density at radius 2 is 2.31 bits per heavy atom. The van der Waals surface area contributed by atoms with E-state index in [9.17, 15) is 4.79 Å². The molecule has 1 aromatic rings. The van der Waals surface area contributed by atoms with Crippen LogP contribution in [0.3, 0.4) is 0 Å². The third-order valence-corrected chi connectivity index (χ3v) is 2.91. The summed E-state index contributed by atoms with van der Waals surface area (Å²) >= 11 is 3.32. The van der Waals surface area contributed by atoms with E-state index in [1.54, 1.807) is 6.20 Å². The van der Waals surface area contributed by atoms with E-state index in [0.29, 0.717) is 25.2 Å². The van der Waals surface area contributed by atoms with Crippen LogP contribution in [0.1, 0.15) is 6.42 Å². The maximum Gasteiger partial charge on any atom is 0.221 e. The smallest absolute Gasteiger partial charge is 0.221 e. The van der Waals surface area contributed by atoms with Gasteiger partial charge in [-0.15, -0.1) is 0 Å². The number of hydrogen-bond acceptors (Lipinski definition) is 4. The summed E-state index contributed by atoms with van der Waals surface area (Å²) in [4.78, 5) is 17.5. The van der Waals surface area contributed by atoms with Gasteiger partial charge in [0.15, 0.2) is 5.82 Å². The van der Waals surface area contributed by atoms with Gasteiger partial charge in [-0.05, 0) is 22.0 Å². The monoisotopic (exact) mass is 284 g/mol. The molecule has 0 aliphatic carbocycles. The van der Waals surface area contributed by atoms with E-state index in [1.165, 1.54) is 0 Å². The van der Waals surface area contributed by atoms with Gasteiger partial charge < -0.3 is 16.0 Å². The molecule has 0 spiro atoms. The van der Waals surface area contributed by atoms with Crippen LogP contribution in [0.4, 0.5) is 11.5 Å². The number of carbonyl (C=O) groups excluding carboxylic acids is 1. The second-order valence-corrected chi connectivity index (χ2v) is 4.57. The molecule has 86 valence electrons. The lowest BCUT2D eigenvalue weighted by atomic mass is 10.3. The molecule has 3 N–H and O–H groups in total. The minimum absolute atomic E-state index is 0.0817. The van der Waals surface area contributed by atoms with Crippen molar-refractivity contribution in [2.45, 2.75) is 6.42 Å². The molecule has 1 aromatic heterocycles. The number of nitrogens with two attached hydrogens (primary N) is 1. The molecular weight excluding hydrogens is 272 g/mol. The molecule has 0 bridgehead atoms.